The van der Waals surface area contributed by atoms with E-state index >= 15 is 0 Å². The highest BCUT2D eigenvalue weighted by Gasteiger charge is 1.81. The predicted octanol–water partition coefficient (Wildman–Crippen LogP) is 3.74. The second-order valence-electron chi connectivity index (χ2n) is 1.21. The quantitative estimate of drug-likeness (QED) is 0.357. The van der Waals surface area contributed by atoms with Gasteiger partial charge in [0.15, 0.2) is 0 Å². The van der Waals surface area contributed by atoms with Crippen LogP contribution in [0.4, 0.5) is 0 Å². The Bertz CT molecular complexity index is 88.3. The van der Waals surface area contributed by atoms with Crippen molar-refractivity contribution in [3.63, 3.8) is 0 Å². The second kappa shape index (κ2) is 8.53. The van der Waals surface area contributed by atoms with Gasteiger partial charge in [0.05, 0.1) is 0 Å². The molecule has 9 heavy (non-hydrogen) atoms. The molecule has 0 spiro atoms. The third-order valence-corrected chi connectivity index (χ3v) is 4.23. The molecule has 52 valence electrons. The lowest BCUT2D eigenvalue weighted by Gasteiger charge is -1.88. The van der Waals surface area contributed by atoms with E-state index in [0.717, 1.165) is 5.75 Å². The van der Waals surface area contributed by atoms with Crippen LogP contribution in [0.25, 0.3) is 0 Å². The van der Waals surface area contributed by atoms with E-state index in [1.807, 2.05) is 19.1 Å². The SMILES string of the molecule is C=CCSSS/C=C/C. The maximum Gasteiger partial charge on any atom is 0.0223 e. The van der Waals surface area contributed by atoms with Gasteiger partial charge in [-0.25, -0.2) is 0 Å². The fraction of sp³-hybridized carbons (Fsp3) is 0.333. The van der Waals surface area contributed by atoms with Gasteiger partial charge < -0.3 is 0 Å². The molecular weight excluding hydrogens is 168 g/mol. The molecule has 0 aromatic rings. The first-order valence-corrected chi connectivity index (χ1v) is 6.30. The van der Waals surface area contributed by atoms with E-state index in [-0.39, 0.29) is 0 Å². The minimum absolute atomic E-state index is 1.02. The Morgan fingerprint density at radius 1 is 1.56 bits per heavy atom. The van der Waals surface area contributed by atoms with Crippen LogP contribution in [0.1, 0.15) is 6.92 Å². The van der Waals surface area contributed by atoms with Gasteiger partial charge in [-0.1, -0.05) is 33.7 Å². The van der Waals surface area contributed by atoms with Gasteiger partial charge in [0.25, 0.3) is 0 Å². The molecule has 0 unspecified atom stereocenters. The highest BCUT2D eigenvalue weighted by molar-refractivity contribution is 9.10. The van der Waals surface area contributed by atoms with Crippen LogP contribution in [-0.2, 0) is 0 Å². The standard InChI is InChI=1S/C6H10S3/c1-3-5-7-9-8-6-4-2/h3-4,6H,1,5H2,2H3/b6-4+. The van der Waals surface area contributed by atoms with Crippen LogP contribution in [0.15, 0.2) is 24.1 Å². The molecule has 0 aliphatic heterocycles. The Balaban J connectivity index is 2.82. The van der Waals surface area contributed by atoms with Crippen molar-refractivity contribution < 1.29 is 0 Å². The molecule has 3 heteroatoms. The van der Waals surface area contributed by atoms with Gasteiger partial charge in [-0.3, -0.25) is 0 Å². The molecule has 0 aromatic carbocycles. The fourth-order valence-electron chi connectivity index (χ4n) is 0.182. The van der Waals surface area contributed by atoms with Crippen molar-refractivity contribution in [2.45, 2.75) is 6.92 Å². The summed E-state index contributed by atoms with van der Waals surface area (Å²) in [7, 11) is 5.33. The summed E-state index contributed by atoms with van der Waals surface area (Å²) >= 11 is 0. The van der Waals surface area contributed by atoms with Crippen LogP contribution in [0.5, 0.6) is 0 Å². The van der Waals surface area contributed by atoms with E-state index in [1.165, 1.54) is 0 Å². The van der Waals surface area contributed by atoms with Gasteiger partial charge in [-0.15, -0.1) is 6.58 Å². The molecule has 0 bridgehead atoms. The summed E-state index contributed by atoms with van der Waals surface area (Å²) in [6.45, 7) is 5.64. The zero-order valence-corrected chi connectivity index (χ0v) is 7.82. The van der Waals surface area contributed by atoms with E-state index in [0.29, 0.717) is 0 Å². The Kier molecular flexibility index (Phi) is 9.03. The fourth-order valence-corrected chi connectivity index (χ4v) is 3.05. The molecule has 0 aliphatic carbocycles. The number of rotatable bonds is 5. The van der Waals surface area contributed by atoms with E-state index in [9.17, 15) is 0 Å². The summed E-state index contributed by atoms with van der Waals surface area (Å²) in [5.74, 6) is 1.02. The Morgan fingerprint density at radius 2 is 2.33 bits per heavy atom. The van der Waals surface area contributed by atoms with Crippen LogP contribution >= 0.6 is 31.4 Å². The van der Waals surface area contributed by atoms with Gasteiger partial charge in [0.1, 0.15) is 0 Å². The largest absolute Gasteiger partial charge is 0.102 e. The maximum absolute atomic E-state index is 3.62. The first kappa shape index (κ1) is 9.53. The highest BCUT2D eigenvalue weighted by Crippen LogP contribution is 2.34. The molecule has 0 atom stereocenters. The monoisotopic (exact) mass is 178 g/mol. The third kappa shape index (κ3) is 8.53. The zero-order chi connectivity index (χ0) is 6.95. The first-order valence-electron chi connectivity index (χ1n) is 2.58. The zero-order valence-electron chi connectivity index (χ0n) is 5.37. The van der Waals surface area contributed by atoms with Crippen molar-refractivity contribution in [3.8, 4) is 0 Å². The molecule has 0 radical (unpaired) electrons. The van der Waals surface area contributed by atoms with Crippen molar-refractivity contribution in [2.75, 3.05) is 5.75 Å². The molecule has 0 saturated carbocycles. The van der Waals surface area contributed by atoms with E-state index in [1.54, 1.807) is 31.4 Å². The molecule has 0 N–H and O–H groups in total. The van der Waals surface area contributed by atoms with Crippen LogP contribution < -0.4 is 0 Å². The maximum atomic E-state index is 3.62. The van der Waals surface area contributed by atoms with Crippen LogP contribution in [0.2, 0.25) is 0 Å². The Hall–Kier alpha value is 0.530. The molecule has 0 rings (SSSR count). The summed E-state index contributed by atoms with van der Waals surface area (Å²) in [6, 6.07) is 0. The van der Waals surface area contributed by atoms with Gasteiger partial charge in [-0.05, 0) is 22.2 Å². The van der Waals surface area contributed by atoms with Gasteiger partial charge >= 0.3 is 0 Å². The lowest BCUT2D eigenvalue weighted by molar-refractivity contribution is 1.79. The van der Waals surface area contributed by atoms with Gasteiger partial charge in [0, 0.05) is 5.75 Å². The number of hydrogen-bond acceptors (Lipinski definition) is 3. The lowest BCUT2D eigenvalue weighted by Crippen LogP contribution is -1.56. The molecule has 0 saturated heterocycles. The highest BCUT2D eigenvalue weighted by atomic mass is 33.5. The molecule has 0 amide bonds. The average Bonchev–Trinajstić information content (AvgIpc) is 1.89. The second-order valence-corrected chi connectivity index (χ2v) is 5.29. The Morgan fingerprint density at radius 3 is 2.89 bits per heavy atom. The summed E-state index contributed by atoms with van der Waals surface area (Å²) in [5.41, 5.74) is 0. The number of hydrogen-bond donors (Lipinski definition) is 0. The van der Waals surface area contributed by atoms with E-state index < -0.39 is 0 Å². The van der Waals surface area contributed by atoms with Gasteiger partial charge in [-0.2, -0.15) is 0 Å². The smallest absolute Gasteiger partial charge is 0.0223 e. The summed E-state index contributed by atoms with van der Waals surface area (Å²) < 4.78 is 0. The normalized spacial score (nSPS) is 10.3. The molecular formula is C6H10S3. The predicted molar refractivity (Wildman–Crippen MR) is 52.7 cm³/mol. The summed E-state index contributed by atoms with van der Waals surface area (Å²) in [5, 5.41) is 2.07. The average molecular weight is 178 g/mol. The van der Waals surface area contributed by atoms with Crippen molar-refractivity contribution in [3.05, 3.63) is 24.1 Å². The lowest BCUT2D eigenvalue weighted by atomic mass is 10.8. The summed E-state index contributed by atoms with van der Waals surface area (Å²) in [6.07, 6.45) is 3.94. The van der Waals surface area contributed by atoms with Crippen molar-refractivity contribution in [1.29, 1.82) is 0 Å². The molecule has 0 aliphatic rings. The summed E-state index contributed by atoms with van der Waals surface area (Å²) in [4.78, 5) is 0. The van der Waals surface area contributed by atoms with E-state index in [2.05, 4.69) is 12.0 Å². The van der Waals surface area contributed by atoms with Gasteiger partial charge in [0.2, 0.25) is 0 Å². The molecule has 0 aromatic heterocycles. The van der Waals surface area contributed by atoms with E-state index in [4.69, 9.17) is 0 Å². The topological polar surface area (TPSA) is 0 Å². The molecule has 0 heterocycles. The minimum atomic E-state index is 1.02. The third-order valence-electron chi connectivity index (χ3n) is 0.465. The van der Waals surface area contributed by atoms with Crippen LogP contribution in [0.3, 0.4) is 0 Å². The Labute approximate surface area is 68.4 Å². The van der Waals surface area contributed by atoms with Crippen LogP contribution in [-0.4, -0.2) is 5.75 Å². The molecule has 0 nitrogen and oxygen atoms in total. The number of allylic oxidation sites excluding steroid dienone is 1. The van der Waals surface area contributed by atoms with Crippen molar-refractivity contribution >= 4 is 31.4 Å². The van der Waals surface area contributed by atoms with Crippen molar-refractivity contribution in [2.24, 2.45) is 0 Å². The van der Waals surface area contributed by atoms with Crippen LogP contribution in [0, 0.1) is 0 Å². The minimum Gasteiger partial charge on any atom is -0.102 e. The van der Waals surface area contributed by atoms with Crippen molar-refractivity contribution in [1.82, 2.24) is 0 Å². The molecule has 0 fully saturated rings. The first-order chi connectivity index (χ1) is 4.41.